The molecule has 3 aromatic rings. The molecule has 1 atom stereocenters. The van der Waals surface area contributed by atoms with Crippen LogP contribution in [0.1, 0.15) is 29.9 Å². The highest BCUT2D eigenvalue weighted by molar-refractivity contribution is 5.74. The number of aryl methyl sites for hydroxylation is 1. The standard InChI is InChI=1S/C17H16N2O/c1-2-11-7-8-16-15(9-11)19-17(20-16)13-10-18-14-6-4-3-5-12(13)14/h3-9,13,18H,2,10H2,1H3. The molecule has 0 aliphatic carbocycles. The average Bonchev–Trinajstić information content (AvgIpc) is 3.09. The smallest absolute Gasteiger partial charge is 0.204 e. The molecule has 100 valence electrons. The van der Waals surface area contributed by atoms with Gasteiger partial charge in [0, 0.05) is 12.2 Å². The number of fused-ring (bicyclic) bond motifs is 2. The van der Waals surface area contributed by atoms with Gasteiger partial charge in [-0.05, 0) is 35.7 Å². The van der Waals surface area contributed by atoms with Gasteiger partial charge in [-0.25, -0.2) is 4.98 Å². The Bertz CT molecular complexity index is 776. The molecule has 0 spiro atoms. The van der Waals surface area contributed by atoms with E-state index in [0.29, 0.717) is 0 Å². The number of hydrogen-bond acceptors (Lipinski definition) is 3. The van der Waals surface area contributed by atoms with Crippen LogP contribution in [0.2, 0.25) is 0 Å². The fourth-order valence-corrected chi connectivity index (χ4v) is 2.86. The van der Waals surface area contributed by atoms with E-state index >= 15 is 0 Å². The quantitative estimate of drug-likeness (QED) is 0.761. The summed E-state index contributed by atoms with van der Waals surface area (Å²) in [6, 6.07) is 14.6. The molecule has 0 fully saturated rings. The Morgan fingerprint density at radius 2 is 2.15 bits per heavy atom. The van der Waals surface area contributed by atoms with Crippen molar-refractivity contribution in [3.63, 3.8) is 0 Å². The summed E-state index contributed by atoms with van der Waals surface area (Å²) < 4.78 is 5.96. The summed E-state index contributed by atoms with van der Waals surface area (Å²) in [4.78, 5) is 4.70. The van der Waals surface area contributed by atoms with Gasteiger partial charge in [0.05, 0.1) is 5.92 Å². The molecule has 0 radical (unpaired) electrons. The van der Waals surface area contributed by atoms with Crippen molar-refractivity contribution in [2.24, 2.45) is 0 Å². The number of benzene rings is 2. The van der Waals surface area contributed by atoms with E-state index in [2.05, 4.69) is 42.6 Å². The number of nitrogens with one attached hydrogen (secondary N) is 1. The molecule has 0 saturated carbocycles. The second-order valence-corrected chi connectivity index (χ2v) is 5.23. The minimum Gasteiger partial charge on any atom is -0.440 e. The largest absolute Gasteiger partial charge is 0.440 e. The molecule has 1 aliphatic heterocycles. The minimum absolute atomic E-state index is 0.212. The summed E-state index contributed by atoms with van der Waals surface area (Å²) in [7, 11) is 0. The molecule has 1 aliphatic rings. The van der Waals surface area contributed by atoms with E-state index in [0.717, 1.165) is 30.0 Å². The van der Waals surface area contributed by atoms with Crippen LogP contribution in [0.3, 0.4) is 0 Å². The molecule has 0 saturated heterocycles. The molecule has 20 heavy (non-hydrogen) atoms. The molecular weight excluding hydrogens is 248 g/mol. The van der Waals surface area contributed by atoms with Gasteiger partial charge in [-0.1, -0.05) is 31.2 Å². The Morgan fingerprint density at radius 3 is 3.05 bits per heavy atom. The highest BCUT2D eigenvalue weighted by Crippen LogP contribution is 2.36. The van der Waals surface area contributed by atoms with Crippen molar-refractivity contribution in [3.05, 3.63) is 59.5 Å². The van der Waals surface area contributed by atoms with Crippen LogP contribution >= 0.6 is 0 Å². The normalized spacial score (nSPS) is 17.1. The zero-order valence-corrected chi connectivity index (χ0v) is 11.4. The zero-order chi connectivity index (χ0) is 13.5. The molecule has 0 bridgehead atoms. The van der Waals surface area contributed by atoms with Gasteiger partial charge in [0.1, 0.15) is 5.52 Å². The van der Waals surface area contributed by atoms with Gasteiger partial charge in [-0.3, -0.25) is 0 Å². The lowest BCUT2D eigenvalue weighted by molar-refractivity contribution is 0.512. The van der Waals surface area contributed by atoms with E-state index < -0.39 is 0 Å². The maximum absolute atomic E-state index is 5.96. The van der Waals surface area contributed by atoms with E-state index in [1.807, 2.05) is 12.1 Å². The first-order valence-electron chi connectivity index (χ1n) is 7.07. The van der Waals surface area contributed by atoms with E-state index in [1.54, 1.807) is 0 Å². The molecule has 1 aromatic heterocycles. The van der Waals surface area contributed by atoms with Crippen LogP contribution < -0.4 is 5.32 Å². The second kappa shape index (κ2) is 4.37. The summed E-state index contributed by atoms with van der Waals surface area (Å²) in [6.45, 7) is 3.01. The summed E-state index contributed by atoms with van der Waals surface area (Å²) in [5.41, 5.74) is 5.59. The molecule has 2 heterocycles. The van der Waals surface area contributed by atoms with Crippen LogP contribution in [0.4, 0.5) is 5.69 Å². The highest BCUT2D eigenvalue weighted by Gasteiger charge is 2.27. The van der Waals surface area contributed by atoms with Gasteiger partial charge >= 0.3 is 0 Å². The van der Waals surface area contributed by atoms with Crippen LogP contribution in [0.15, 0.2) is 46.9 Å². The Kier molecular flexibility index (Phi) is 2.52. The predicted molar refractivity (Wildman–Crippen MR) is 80.2 cm³/mol. The predicted octanol–water partition coefficient (Wildman–Crippen LogP) is 3.95. The molecule has 4 rings (SSSR count). The molecule has 0 amide bonds. The summed E-state index contributed by atoms with van der Waals surface area (Å²) >= 11 is 0. The Morgan fingerprint density at radius 1 is 1.25 bits per heavy atom. The first-order chi connectivity index (χ1) is 9.85. The first-order valence-corrected chi connectivity index (χ1v) is 7.07. The summed E-state index contributed by atoms with van der Waals surface area (Å²) in [5.74, 6) is 1.02. The van der Waals surface area contributed by atoms with Gasteiger partial charge in [0.25, 0.3) is 0 Å². The number of aromatic nitrogens is 1. The van der Waals surface area contributed by atoms with Crippen molar-refractivity contribution < 1.29 is 4.42 Å². The molecule has 3 nitrogen and oxygen atoms in total. The number of hydrogen-bond donors (Lipinski definition) is 1. The lowest BCUT2D eigenvalue weighted by Crippen LogP contribution is -2.03. The number of nitrogens with zero attached hydrogens (tertiary/aromatic N) is 1. The van der Waals surface area contributed by atoms with Crippen molar-refractivity contribution in [1.29, 1.82) is 0 Å². The minimum atomic E-state index is 0.212. The molecular formula is C17H16N2O. The number of anilines is 1. The van der Waals surface area contributed by atoms with Crippen LogP contribution in [0, 0.1) is 0 Å². The Hall–Kier alpha value is -2.29. The van der Waals surface area contributed by atoms with Crippen LogP contribution in [-0.2, 0) is 6.42 Å². The van der Waals surface area contributed by atoms with Gasteiger partial charge in [0.15, 0.2) is 5.58 Å². The first kappa shape index (κ1) is 11.5. The fourth-order valence-electron chi connectivity index (χ4n) is 2.86. The van der Waals surface area contributed by atoms with Crippen LogP contribution in [0.25, 0.3) is 11.1 Å². The maximum atomic E-state index is 5.96. The topological polar surface area (TPSA) is 38.1 Å². The van der Waals surface area contributed by atoms with Crippen LogP contribution in [0.5, 0.6) is 0 Å². The molecule has 3 heteroatoms. The molecule has 2 aromatic carbocycles. The second-order valence-electron chi connectivity index (χ2n) is 5.23. The fraction of sp³-hybridized carbons (Fsp3) is 0.235. The van der Waals surface area contributed by atoms with E-state index in [9.17, 15) is 0 Å². The number of oxazole rings is 1. The van der Waals surface area contributed by atoms with Gasteiger partial charge in [-0.15, -0.1) is 0 Å². The van der Waals surface area contributed by atoms with Crippen LogP contribution in [-0.4, -0.2) is 11.5 Å². The number of rotatable bonds is 2. The van der Waals surface area contributed by atoms with Crippen molar-refractivity contribution in [1.82, 2.24) is 4.98 Å². The van der Waals surface area contributed by atoms with Crippen molar-refractivity contribution >= 4 is 16.8 Å². The Balaban J connectivity index is 1.80. The van der Waals surface area contributed by atoms with Gasteiger partial charge in [-0.2, -0.15) is 0 Å². The summed E-state index contributed by atoms with van der Waals surface area (Å²) in [6.07, 6.45) is 1.02. The van der Waals surface area contributed by atoms with Crippen molar-refractivity contribution in [2.45, 2.75) is 19.3 Å². The van der Waals surface area contributed by atoms with E-state index in [1.165, 1.54) is 16.8 Å². The third-order valence-electron chi connectivity index (χ3n) is 4.01. The molecule has 1 N–H and O–H groups in total. The lowest BCUT2D eigenvalue weighted by atomic mass is 10.0. The summed E-state index contributed by atoms with van der Waals surface area (Å²) in [5, 5.41) is 3.42. The van der Waals surface area contributed by atoms with Gasteiger partial charge < -0.3 is 9.73 Å². The van der Waals surface area contributed by atoms with Crippen molar-refractivity contribution in [2.75, 3.05) is 11.9 Å². The van der Waals surface area contributed by atoms with Crippen molar-refractivity contribution in [3.8, 4) is 0 Å². The third-order valence-corrected chi connectivity index (χ3v) is 4.01. The van der Waals surface area contributed by atoms with E-state index in [4.69, 9.17) is 9.40 Å². The number of para-hydroxylation sites is 1. The molecule has 1 unspecified atom stereocenters. The monoisotopic (exact) mass is 264 g/mol. The maximum Gasteiger partial charge on any atom is 0.204 e. The van der Waals surface area contributed by atoms with Gasteiger partial charge in [0.2, 0.25) is 5.89 Å². The SMILES string of the molecule is CCc1ccc2oc(C3CNc4ccccc43)nc2c1. The Labute approximate surface area is 117 Å². The average molecular weight is 264 g/mol. The third kappa shape index (κ3) is 1.70. The van der Waals surface area contributed by atoms with E-state index in [-0.39, 0.29) is 5.92 Å². The highest BCUT2D eigenvalue weighted by atomic mass is 16.3. The lowest BCUT2D eigenvalue weighted by Gasteiger charge is -2.04. The zero-order valence-electron chi connectivity index (χ0n) is 11.4.